The second kappa shape index (κ2) is 7.15. The van der Waals surface area contributed by atoms with E-state index in [1.54, 1.807) is 6.07 Å². The van der Waals surface area contributed by atoms with Crippen molar-refractivity contribution < 1.29 is 4.39 Å². The van der Waals surface area contributed by atoms with Crippen molar-refractivity contribution in [1.82, 2.24) is 15.2 Å². The van der Waals surface area contributed by atoms with E-state index in [1.807, 2.05) is 12.3 Å². The van der Waals surface area contributed by atoms with E-state index in [4.69, 9.17) is 10.7 Å². The number of aliphatic imine (C=N–C) groups is 1. The molecule has 0 spiro atoms. The first-order valence-corrected chi connectivity index (χ1v) is 10.1. The molecule has 0 amide bonds. The molecule has 1 fully saturated rings. The predicted molar refractivity (Wildman–Crippen MR) is 113 cm³/mol. The topological polar surface area (TPSA) is 69.8 Å². The molecule has 2 aliphatic heterocycles. The molecular formula is C22H25FN6. The van der Waals surface area contributed by atoms with Gasteiger partial charge in [0.05, 0.1) is 5.70 Å². The van der Waals surface area contributed by atoms with Crippen LogP contribution in [0, 0.1) is 5.82 Å². The molecule has 2 aromatic rings. The number of nitrogens with one attached hydrogen (secondary N) is 1. The van der Waals surface area contributed by atoms with Crippen molar-refractivity contribution in [3.63, 3.8) is 0 Å². The Morgan fingerprint density at radius 2 is 1.93 bits per heavy atom. The maximum absolute atomic E-state index is 13.6. The zero-order valence-corrected chi connectivity index (χ0v) is 16.5. The fraction of sp³-hybridized carbons (Fsp3) is 0.364. The van der Waals surface area contributed by atoms with E-state index in [2.05, 4.69) is 39.3 Å². The van der Waals surface area contributed by atoms with Crippen LogP contribution in [0.4, 0.5) is 10.2 Å². The van der Waals surface area contributed by atoms with E-state index in [9.17, 15) is 4.39 Å². The molecule has 6 nitrogen and oxygen atoms in total. The van der Waals surface area contributed by atoms with Crippen molar-refractivity contribution in [2.75, 3.05) is 38.1 Å². The van der Waals surface area contributed by atoms with Crippen LogP contribution in [0.2, 0.25) is 0 Å². The smallest absolute Gasteiger partial charge is 0.194 e. The quantitative estimate of drug-likeness (QED) is 0.821. The van der Waals surface area contributed by atoms with E-state index >= 15 is 0 Å². The number of pyridine rings is 1. The van der Waals surface area contributed by atoms with Crippen LogP contribution in [0.1, 0.15) is 29.2 Å². The highest BCUT2D eigenvalue weighted by Crippen LogP contribution is 2.40. The minimum Gasteiger partial charge on any atom is -0.370 e. The highest BCUT2D eigenvalue weighted by Gasteiger charge is 2.30. The Morgan fingerprint density at radius 3 is 2.69 bits per heavy atom. The second-order valence-corrected chi connectivity index (χ2v) is 7.98. The summed E-state index contributed by atoms with van der Waals surface area (Å²) in [6, 6.07) is 8.98. The van der Waals surface area contributed by atoms with Crippen molar-refractivity contribution in [3.05, 3.63) is 64.6 Å². The van der Waals surface area contributed by atoms with Gasteiger partial charge in [-0.1, -0.05) is 6.07 Å². The second-order valence-electron chi connectivity index (χ2n) is 7.98. The van der Waals surface area contributed by atoms with Gasteiger partial charge in [-0.25, -0.2) is 14.4 Å². The molecule has 1 aromatic heterocycles. The van der Waals surface area contributed by atoms with Crippen LogP contribution >= 0.6 is 0 Å². The standard InChI is InChI=1S/C22H25FN6/c1-28-8-10-29(11-9-28)19-7-3-15(13-25-19)20-18-5-2-14-12-16(23)4-6-17(14)21(18)27-22(24)26-20/h3-4,6-7,12-13,20H,2,5,8-11H2,1H3,(H3,24,26,27). The molecule has 7 heteroatoms. The van der Waals surface area contributed by atoms with Gasteiger partial charge in [-0.3, -0.25) is 0 Å². The van der Waals surface area contributed by atoms with Crippen molar-refractivity contribution in [2.24, 2.45) is 10.7 Å². The lowest BCUT2D eigenvalue weighted by atomic mass is 9.83. The summed E-state index contributed by atoms with van der Waals surface area (Å²) in [4.78, 5) is 14.0. The van der Waals surface area contributed by atoms with Crippen LogP contribution in [-0.2, 0) is 6.42 Å². The van der Waals surface area contributed by atoms with Gasteiger partial charge in [0.25, 0.3) is 0 Å². The highest BCUT2D eigenvalue weighted by atomic mass is 19.1. The number of anilines is 1. The average Bonchev–Trinajstić information content (AvgIpc) is 2.73. The van der Waals surface area contributed by atoms with Crippen LogP contribution in [0.25, 0.3) is 5.70 Å². The Balaban J connectivity index is 1.46. The van der Waals surface area contributed by atoms with E-state index in [-0.39, 0.29) is 11.9 Å². The van der Waals surface area contributed by atoms with Gasteiger partial charge in [-0.05, 0) is 60.9 Å². The SMILES string of the molecule is CN1CCN(c2ccc(C3N=C(N)NC4=C3CCc3cc(F)ccc34)cn2)CC1. The molecule has 1 aliphatic carbocycles. The molecule has 3 heterocycles. The fourth-order valence-corrected chi connectivity index (χ4v) is 4.44. The van der Waals surface area contributed by atoms with Crippen molar-refractivity contribution in [1.29, 1.82) is 0 Å². The number of aryl methyl sites for hydroxylation is 1. The zero-order chi connectivity index (χ0) is 20.0. The third kappa shape index (κ3) is 3.35. The molecule has 0 bridgehead atoms. The summed E-state index contributed by atoms with van der Waals surface area (Å²) in [5, 5.41) is 3.21. The molecule has 0 radical (unpaired) electrons. The van der Waals surface area contributed by atoms with Gasteiger partial charge >= 0.3 is 0 Å². The lowest BCUT2D eigenvalue weighted by molar-refractivity contribution is 0.312. The summed E-state index contributed by atoms with van der Waals surface area (Å²) in [6.07, 6.45) is 3.54. The van der Waals surface area contributed by atoms with Crippen LogP contribution in [0.5, 0.6) is 0 Å². The number of aromatic nitrogens is 1. The minimum absolute atomic E-state index is 0.154. The van der Waals surface area contributed by atoms with Gasteiger partial charge in [0.2, 0.25) is 0 Å². The number of rotatable bonds is 2. The van der Waals surface area contributed by atoms with Crippen LogP contribution in [-0.4, -0.2) is 49.1 Å². The summed E-state index contributed by atoms with van der Waals surface area (Å²) in [7, 11) is 2.15. The summed E-state index contributed by atoms with van der Waals surface area (Å²) in [5.41, 5.74) is 11.3. The molecule has 0 saturated carbocycles. The van der Waals surface area contributed by atoms with Gasteiger partial charge in [-0.15, -0.1) is 0 Å². The number of nitrogens with zero attached hydrogens (tertiary/aromatic N) is 4. The first-order chi connectivity index (χ1) is 14.1. The Morgan fingerprint density at radius 1 is 1.10 bits per heavy atom. The molecular weight excluding hydrogens is 367 g/mol. The average molecular weight is 392 g/mol. The summed E-state index contributed by atoms with van der Waals surface area (Å²) in [6.45, 7) is 4.08. The van der Waals surface area contributed by atoms with Crippen molar-refractivity contribution in [2.45, 2.75) is 18.9 Å². The zero-order valence-electron chi connectivity index (χ0n) is 16.5. The number of piperazine rings is 1. The van der Waals surface area contributed by atoms with Gasteiger partial charge in [0.1, 0.15) is 17.7 Å². The molecule has 1 aromatic carbocycles. The van der Waals surface area contributed by atoms with Crippen LogP contribution in [0.3, 0.4) is 0 Å². The van der Waals surface area contributed by atoms with E-state index in [0.717, 1.165) is 67.2 Å². The first-order valence-electron chi connectivity index (χ1n) is 10.1. The summed E-state index contributed by atoms with van der Waals surface area (Å²) < 4.78 is 13.6. The minimum atomic E-state index is -0.203. The van der Waals surface area contributed by atoms with Crippen LogP contribution < -0.4 is 16.0 Å². The molecule has 1 saturated heterocycles. The third-order valence-corrected chi connectivity index (χ3v) is 6.09. The molecule has 1 unspecified atom stereocenters. The monoisotopic (exact) mass is 392 g/mol. The molecule has 5 rings (SSSR count). The van der Waals surface area contributed by atoms with Gasteiger partial charge < -0.3 is 20.9 Å². The Bertz CT molecular complexity index is 989. The maximum atomic E-state index is 13.6. The normalized spacial score (nSPS) is 21.9. The molecule has 1 atom stereocenters. The number of likely N-dealkylation sites (N-methyl/N-ethyl adjacent to an activating group) is 1. The van der Waals surface area contributed by atoms with Gasteiger partial charge in [0.15, 0.2) is 5.96 Å². The Hall–Kier alpha value is -2.93. The Kier molecular flexibility index (Phi) is 4.47. The molecule has 3 N–H and O–H groups in total. The van der Waals surface area contributed by atoms with E-state index < -0.39 is 0 Å². The number of nitrogens with two attached hydrogens (primary N) is 1. The number of guanidine groups is 1. The van der Waals surface area contributed by atoms with Crippen molar-refractivity contribution in [3.8, 4) is 0 Å². The summed E-state index contributed by atoms with van der Waals surface area (Å²) >= 11 is 0. The highest BCUT2D eigenvalue weighted by molar-refractivity contribution is 5.92. The van der Waals surface area contributed by atoms with E-state index in [1.165, 1.54) is 11.6 Å². The first kappa shape index (κ1) is 18.1. The number of hydrogen-bond acceptors (Lipinski definition) is 6. The van der Waals surface area contributed by atoms with Gasteiger partial charge in [-0.2, -0.15) is 0 Å². The predicted octanol–water partition coefficient (Wildman–Crippen LogP) is 2.29. The van der Waals surface area contributed by atoms with Crippen molar-refractivity contribution >= 4 is 17.5 Å². The Labute approximate surface area is 169 Å². The molecule has 150 valence electrons. The third-order valence-electron chi connectivity index (χ3n) is 6.09. The lowest BCUT2D eigenvalue weighted by Crippen LogP contribution is -2.44. The summed E-state index contributed by atoms with van der Waals surface area (Å²) in [5.74, 6) is 1.19. The molecule has 3 aliphatic rings. The maximum Gasteiger partial charge on any atom is 0.194 e. The van der Waals surface area contributed by atoms with Gasteiger partial charge in [0, 0.05) is 37.9 Å². The fourth-order valence-electron chi connectivity index (χ4n) is 4.44. The number of fused-ring (bicyclic) bond motifs is 2. The van der Waals surface area contributed by atoms with Crippen LogP contribution in [0.15, 0.2) is 47.1 Å². The number of halogens is 1. The molecule has 29 heavy (non-hydrogen) atoms. The number of benzene rings is 1. The number of hydrogen-bond donors (Lipinski definition) is 2. The van der Waals surface area contributed by atoms with E-state index in [0.29, 0.717) is 5.96 Å². The largest absolute Gasteiger partial charge is 0.370 e. The lowest BCUT2D eigenvalue weighted by Gasteiger charge is -2.34.